The summed E-state index contributed by atoms with van der Waals surface area (Å²) in [6.45, 7) is 1.21. The molecule has 0 bridgehead atoms. The number of pyridine rings is 1. The molecule has 0 radical (unpaired) electrons. The smallest absolute Gasteiger partial charge is 0.254 e. The monoisotopic (exact) mass is 276 g/mol. The molecule has 3 rings (SSSR count). The van der Waals surface area contributed by atoms with E-state index >= 15 is 0 Å². The highest BCUT2D eigenvalue weighted by Crippen LogP contribution is 2.32. The van der Waals surface area contributed by atoms with Crippen LogP contribution in [0.4, 0.5) is 0 Å². The van der Waals surface area contributed by atoms with Gasteiger partial charge in [0.25, 0.3) is 5.91 Å². The predicted octanol–water partition coefficient (Wildman–Crippen LogP) is 1.37. The van der Waals surface area contributed by atoms with Gasteiger partial charge >= 0.3 is 0 Å². The van der Waals surface area contributed by atoms with Crippen molar-refractivity contribution >= 4 is 5.91 Å². The summed E-state index contributed by atoms with van der Waals surface area (Å²) >= 11 is 0. The molecule has 20 heavy (non-hydrogen) atoms. The van der Waals surface area contributed by atoms with Crippen molar-refractivity contribution in [3.8, 4) is 5.75 Å². The first-order valence-electron chi connectivity index (χ1n) is 7.26. The van der Waals surface area contributed by atoms with Gasteiger partial charge in [-0.1, -0.05) is 0 Å². The standard InChI is InChI=1S/C15H20N2O3/c18-14(15(19)6-1-2-7-15)17-9-5-13(11-17)20-12-4-3-8-16-10-12/h3-4,8,10,13,19H,1-2,5-7,9,11H2. The van der Waals surface area contributed by atoms with Crippen molar-refractivity contribution in [2.45, 2.75) is 43.8 Å². The van der Waals surface area contributed by atoms with Gasteiger partial charge in [0, 0.05) is 19.2 Å². The molecule has 1 atom stereocenters. The van der Waals surface area contributed by atoms with Crippen LogP contribution in [0.2, 0.25) is 0 Å². The number of hydrogen-bond acceptors (Lipinski definition) is 4. The number of ether oxygens (including phenoxy) is 1. The molecule has 5 nitrogen and oxygen atoms in total. The van der Waals surface area contributed by atoms with Crippen molar-refractivity contribution in [3.05, 3.63) is 24.5 Å². The highest BCUT2D eigenvalue weighted by molar-refractivity contribution is 5.85. The van der Waals surface area contributed by atoms with E-state index in [4.69, 9.17) is 4.74 Å². The number of carbonyl (C=O) groups excluding carboxylic acids is 1. The number of rotatable bonds is 3. The lowest BCUT2D eigenvalue weighted by Gasteiger charge is -2.27. The highest BCUT2D eigenvalue weighted by Gasteiger charge is 2.43. The zero-order valence-electron chi connectivity index (χ0n) is 11.5. The van der Waals surface area contributed by atoms with E-state index in [-0.39, 0.29) is 12.0 Å². The summed E-state index contributed by atoms with van der Waals surface area (Å²) in [5.41, 5.74) is -1.12. The van der Waals surface area contributed by atoms with Crippen LogP contribution < -0.4 is 4.74 Å². The Balaban J connectivity index is 1.58. The van der Waals surface area contributed by atoms with Crippen LogP contribution in [0.1, 0.15) is 32.1 Å². The van der Waals surface area contributed by atoms with Gasteiger partial charge in [0.15, 0.2) is 0 Å². The summed E-state index contributed by atoms with van der Waals surface area (Å²) < 4.78 is 5.81. The minimum absolute atomic E-state index is 0.00634. The molecule has 1 N–H and O–H groups in total. The molecule has 1 aromatic rings. The van der Waals surface area contributed by atoms with Gasteiger partial charge < -0.3 is 14.7 Å². The summed E-state index contributed by atoms with van der Waals surface area (Å²) in [4.78, 5) is 18.1. The lowest BCUT2D eigenvalue weighted by atomic mass is 10.0. The van der Waals surface area contributed by atoms with Crippen LogP contribution in [0.25, 0.3) is 0 Å². The Bertz CT molecular complexity index is 471. The molecular formula is C15H20N2O3. The number of hydrogen-bond donors (Lipinski definition) is 1. The van der Waals surface area contributed by atoms with E-state index in [0.717, 1.165) is 25.0 Å². The van der Waals surface area contributed by atoms with Gasteiger partial charge in [-0.05, 0) is 37.8 Å². The van der Waals surface area contributed by atoms with E-state index in [1.165, 1.54) is 0 Å². The number of nitrogens with zero attached hydrogens (tertiary/aromatic N) is 2. The van der Waals surface area contributed by atoms with Crippen molar-refractivity contribution < 1.29 is 14.6 Å². The Morgan fingerprint density at radius 3 is 2.95 bits per heavy atom. The third kappa shape index (κ3) is 2.63. The first-order valence-corrected chi connectivity index (χ1v) is 7.26. The zero-order valence-corrected chi connectivity index (χ0v) is 11.5. The third-order valence-electron chi connectivity index (χ3n) is 4.20. The fraction of sp³-hybridized carbons (Fsp3) is 0.600. The van der Waals surface area contributed by atoms with Gasteiger partial charge in [-0.3, -0.25) is 9.78 Å². The fourth-order valence-corrected chi connectivity index (χ4v) is 3.09. The first kappa shape index (κ1) is 13.4. The second-order valence-electron chi connectivity index (χ2n) is 5.71. The quantitative estimate of drug-likeness (QED) is 0.905. The van der Waals surface area contributed by atoms with E-state index in [1.54, 1.807) is 17.3 Å². The number of aromatic nitrogens is 1. The summed E-state index contributed by atoms with van der Waals surface area (Å²) in [7, 11) is 0. The maximum absolute atomic E-state index is 12.4. The molecule has 1 unspecified atom stereocenters. The van der Waals surface area contributed by atoms with E-state index in [9.17, 15) is 9.90 Å². The number of aliphatic hydroxyl groups is 1. The van der Waals surface area contributed by atoms with Crippen LogP contribution in [0, 0.1) is 0 Å². The van der Waals surface area contributed by atoms with Crippen molar-refractivity contribution in [2.24, 2.45) is 0 Å². The third-order valence-corrected chi connectivity index (χ3v) is 4.20. The van der Waals surface area contributed by atoms with E-state index in [2.05, 4.69) is 4.98 Å². The Hall–Kier alpha value is -1.62. The first-order chi connectivity index (χ1) is 9.67. The molecule has 2 aliphatic rings. The highest BCUT2D eigenvalue weighted by atomic mass is 16.5. The molecule has 2 heterocycles. The minimum atomic E-state index is -1.12. The number of carbonyl (C=O) groups is 1. The SMILES string of the molecule is O=C(N1CCC(Oc2cccnc2)C1)C1(O)CCCC1. The molecular weight excluding hydrogens is 256 g/mol. The second kappa shape index (κ2) is 5.40. The van der Waals surface area contributed by atoms with Gasteiger partial charge in [-0.2, -0.15) is 0 Å². The second-order valence-corrected chi connectivity index (χ2v) is 5.71. The summed E-state index contributed by atoms with van der Waals surface area (Å²) in [5, 5.41) is 10.4. The van der Waals surface area contributed by atoms with E-state index in [0.29, 0.717) is 25.9 Å². The summed E-state index contributed by atoms with van der Waals surface area (Å²) in [6.07, 6.45) is 7.23. The Morgan fingerprint density at radius 1 is 1.45 bits per heavy atom. The normalized spacial score (nSPS) is 24.9. The molecule has 1 aliphatic heterocycles. The molecule has 108 valence electrons. The topological polar surface area (TPSA) is 62.7 Å². The Morgan fingerprint density at radius 2 is 2.25 bits per heavy atom. The number of amides is 1. The molecule has 1 saturated carbocycles. The molecule has 1 amide bonds. The minimum Gasteiger partial charge on any atom is -0.487 e. The molecule has 1 saturated heterocycles. The Kier molecular flexibility index (Phi) is 3.61. The molecule has 0 aromatic carbocycles. The molecule has 1 aromatic heterocycles. The number of likely N-dealkylation sites (tertiary alicyclic amines) is 1. The van der Waals surface area contributed by atoms with E-state index in [1.807, 2.05) is 12.1 Å². The van der Waals surface area contributed by atoms with Gasteiger partial charge in [0.2, 0.25) is 0 Å². The zero-order chi connectivity index (χ0) is 14.0. The molecule has 1 aliphatic carbocycles. The largest absolute Gasteiger partial charge is 0.487 e. The maximum Gasteiger partial charge on any atom is 0.254 e. The average molecular weight is 276 g/mol. The van der Waals surface area contributed by atoms with Crippen LogP contribution in [0.15, 0.2) is 24.5 Å². The molecule has 5 heteroatoms. The van der Waals surface area contributed by atoms with Crippen LogP contribution in [0.3, 0.4) is 0 Å². The van der Waals surface area contributed by atoms with Crippen molar-refractivity contribution in [1.29, 1.82) is 0 Å². The van der Waals surface area contributed by atoms with Gasteiger partial charge in [0.05, 0.1) is 12.7 Å². The predicted molar refractivity (Wildman–Crippen MR) is 73.3 cm³/mol. The average Bonchev–Trinajstić information content (AvgIpc) is 3.09. The van der Waals surface area contributed by atoms with Crippen LogP contribution >= 0.6 is 0 Å². The van der Waals surface area contributed by atoms with Gasteiger partial charge in [-0.15, -0.1) is 0 Å². The molecule has 2 fully saturated rings. The Labute approximate surface area is 118 Å². The maximum atomic E-state index is 12.4. The summed E-state index contributed by atoms with van der Waals surface area (Å²) in [6, 6.07) is 3.69. The lowest BCUT2D eigenvalue weighted by molar-refractivity contribution is -0.149. The van der Waals surface area contributed by atoms with Crippen LogP contribution in [-0.2, 0) is 4.79 Å². The van der Waals surface area contributed by atoms with Crippen molar-refractivity contribution in [3.63, 3.8) is 0 Å². The van der Waals surface area contributed by atoms with Crippen molar-refractivity contribution in [1.82, 2.24) is 9.88 Å². The van der Waals surface area contributed by atoms with Crippen LogP contribution in [-0.4, -0.2) is 45.7 Å². The van der Waals surface area contributed by atoms with Gasteiger partial charge in [-0.25, -0.2) is 0 Å². The van der Waals surface area contributed by atoms with Gasteiger partial charge in [0.1, 0.15) is 17.5 Å². The van der Waals surface area contributed by atoms with Crippen LogP contribution in [0.5, 0.6) is 5.75 Å². The van der Waals surface area contributed by atoms with E-state index < -0.39 is 5.60 Å². The molecule has 0 spiro atoms. The van der Waals surface area contributed by atoms with Crippen molar-refractivity contribution in [2.75, 3.05) is 13.1 Å². The fourth-order valence-electron chi connectivity index (χ4n) is 3.09. The summed E-state index contributed by atoms with van der Waals surface area (Å²) in [5.74, 6) is 0.610. The lowest BCUT2D eigenvalue weighted by Crippen LogP contribution is -2.46.